The molecule has 0 unspecified atom stereocenters. The quantitative estimate of drug-likeness (QED) is 0.694. The fraction of sp³-hybridized carbons (Fsp3) is 0. The van der Waals surface area contributed by atoms with Crippen molar-refractivity contribution >= 4 is 44.7 Å². The Bertz CT molecular complexity index is 629. The van der Waals surface area contributed by atoms with Crippen LogP contribution in [-0.4, -0.2) is 17.2 Å². The summed E-state index contributed by atoms with van der Waals surface area (Å²) in [6, 6.07) is 11.6. The predicted octanol–water partition coefficient (Wildman–Crippen LogP) is 2.31. The van der Waals surface area contributed by atoms with Crippen LogP contribution < -0.4 is 5.46 Å². The molecule has 0 radical (unpaired) electrons. The summed E-state index contributed by atoms with van der Waals surface area (Å²) in [6.07, 6.45) is 0. The summed E-state index contributed by atoms with van der Waals surface area (Å²) in [4.78, 5) is 1.16. The molecule has 1 aromatic carbocycles. The molecule has 0 saturated heterocycles. The minimum Gasteiger partial charge on any atom is -0.423 e. The monoisotopic (exact) mass is 260 g/mol. The molecule has 0 saturated carbocycles. The van der Waals surface area contributed by atoms with Gasteiger partial charge < -0.3 is 10.0 Å². The molecule has 2 N–H and O–H groups in total. The zero-order valence-electron chi connectivity index (χ0n) is 8.83. The molecule has 2 heterocycles. The number of hydrogen-bond donors (Lipinski definition) is 2. The van der Waals surface area contributed by atoms with Gasteiger partial charge in [-0.05, 0) is 28.5 Å². The van der Waals surface area contributed by atoms with Crippen LogP contribution in [0.25, 0.3) is 19.8 Å². The fourth-order valence-electron chi connectivity index (χ4n) is 1.76. The van der Waals surface area contributed by atoms with Crippen LogP contribution in [0.5, 0.6) is 0 Å². The van der Waals surface area contributed by atoms with Crippen molar-refractivity contribution in [3.63, 3.8) is 0 Å². The molecule has 2 aromatic heterocycles. The van der Waals surface area contributed by atoms with Crippen LogP contribution in [-0.2, 0) is 0 Å². The van der Waals surface area contributed by atoms with E-state index in [1.54, 1.807) is 28.7 Å². The summed E-state index contributed by atoms with van der Waals surface area (Å²) in [6.45, 7) is 0. The first-order valence-electron chi connectivity index (χ1n) is 5.17. The molecule has 0 bridgehead atoms. The van der Waals surface area contributed by atoms with Gasteiger partial charge in [-0.25, -0.2) is 0 Å². The van der Waals surface area contributed by atoms with Crippen molar-refractivity contribution in [2.24, 2.45) is 0 Å². The Morgan fingerprint density at radius 1 is 1.00 bits per heavy atom. The van der Waals surface area contributed by atoms with E-state index < -0.39 is 7.12 Å². The van der Waals surface area contributed by atoms with Crippen molar-refractivity contribution in [3.8, 4) is 10.4 Å². The molecule has 0 aliphatic carbocycles. The summed E-state index contributed by atoms with van der Waals surface area (Å²) < 4.78 is 2.56. The van der Waals surface area contributed by atoms with Gasteiger partial charge in [0.15, 0.2) is 0 Å². The average molecular weight is 260 g/mol. The molecule has 0 aliphatic heterocycles. The summed E-state index contributed by atoms with van der Waals surface area (Å²) >= 11 is 3.45. The molecule has 5 heteroatoms. The minimum atomic E-state index is -1.41. The second kappa shape index (κ2) is 4.27. The van der Waals surface area contributed by atoms with Gasteiger partial charge in [-0.15, -0.1) is 22.7 Å². The zero-order valence-corrected chi connectivity index (χ0v) is 10.5. The van der Waals surface area contributed by atoms with Crippen molar-refractivity contribution < 1.29 is 10.0 Å². The highest BCUT2D eigenvalue weighted by atomic mass is 32.1. The molecule has 2 nitrogen and oxygen atoms in total. The van der Waals surface area contributed by atoms with Crippen LogP contribution in [0.15, 0.2) is 41.8 Å². The van der Waals surface area contributed by atoms with Crippen molar-refractivity contribution in [2.45, 2.75) is 0 Å². The van der Waals surface area contributed by atoms with Crippen molar-refractivity contribution in [2.75, 3.05) is 0 Å². The maximum atomic E-state index is 9.16. The molecule has 0 amide bonds. The van der Waals surface area contributed by atoms with Gasteiger partial charge in [0.05, 0.1) is 0 Å². The molecular weight excluding hydrogens is 251 g/mol. The minimum absolute atomic E-state index is 0.527. The average Bonchev–Trinajstić information content (AvgIpc) is 2.89. The highest BCUT2D eigenvalue weighted by Gasteiger charge is 2.12. The first-order valence-corrected chi connectivity index (χ1v) is 6.87. The lowest BCUT2D eigenvalue weighted by molar-refractivity contribution is 0.426. The van der Waals surface area contributed by atoms with Crippen molar-refractivity contribution in [1.82, 2.24) is 0 Å². The summed E-state index contributed by atoms with van der Waals surface area (Å²) in [5.41, 5.74) is 1.56. The largest absolute Gasteiger partial charge is 0.488 e. The molecule has 17 heavy (non-hydrogen) atoms. The van der Waals surface area contributed by atoms with E-state index in [-0.39, 0.29) is 0 Å². The van der Waals surface area contributed by atoms with E-state index in [4.69, 9.17) is 10.0 Å². The van der Waals surface area contributed by atoms with Gasteiger partial charge in [-0.1, -0.05) is 24.3 Å². The lowest BCUT2D eigenvalue weighted by Crippen LogP contribution is -2.29. The van der Waals surface area contributed by atoms with Crippen LogP contribution in [0.2, 0.25) is 0 Å². The van der Waals surface area contributed by atoms with E-state index in [1.165, 1.54) is 9.40 Å². The molecule has 3 rings (SSSR count). The molecule has 0 fully saturated rings. The molecular formula is C12H9BO2S2. The standard InChI is InChI=1S/C12H9BO2S2/c14-13(15)9-3-1-2-8(6-9)11-7-12-10(17-11)4-5-16-12/h1-7,14-15H. The molecule has 3 aromatic rings. The van der Waals surface area contributed by atoms with Gasteiger partial charge in [-0.2, -0.15) is 0 Å². The van der Waals surface area contributed by atoms with Crippen LogP contribution in [0, 0.1) is 0 Å². The smallest absolute Gasteiger partial charge is 0.423 e. The maximum Gasteiger partial charge on any atom is 0.488 e. The number of hydrogen-bond acceptors (Lipinski definition) is 4. The van der Waals surface area contributed by atoms with Gasteiger partial charge in [0.2, 0.25) is 0 Å². The molecule has 0 atom stereocenters. The summed E-state index contributed by atoms with van der Waals surface area (Å²) in [7, 11) is -1.41. The van der Waals surface area contributed by atoms with Gasteiger partial charge in [-0.3, -0.25) is 0 Å². The van der Waals surface area contributed by atoms with E-state index in [0.717, 1.165) is 10.4 Å². The van der Waals surface area contributed by atoms with Gasteiger partial charge >= 0.3 is 7.12 Å². The Hall–Kier alpha value is -1.14. The Labute approximate surface area is 107 Å². The Morgan fingerprint density at radius 3 is 2.65 bits per heavy atom. The Kier molecular flexibility index (Phi) is 2.76. The number of thiophene rings is 2. The highest BCUT2D eigenvalue weighted by molar-refractivity contribution is 7.28. The lowest BCUT2D eigenvalue weighted by Gasteiger charge is -2.02. The molecule has 0 aliphatic rings. The summed E-state index contributed by atoms with van der Waals surface area (Å²) in [5, 5.41) is 20.4. The van der Waals surface area contributed by atoms with Crippen LogP contribution >= 0.6 is 22.7 Å². The van der Waals surface area contributed by atoms with E-state index >= 15 is 0 Å². The van der Waals surface area contributed by atoms with Crippen LogP contribution in [0.1, 0.15) is 0 Å². The zero-order chi connectivity index (χ0) is 11.8. The molecule has 84 valence electrons. The third kappa shape index (κ3) is 2.02. The first-order chi connectivity index (χ1) is 8.24. The SMILES string of the molecule is OB(O)c1cccc(-c2cc3sccc3s2)c1. The van der Waals surface area contributed by atoms with Gasteiger partial charge in [0.1, 0.15) is 0 Å². The summed E-state index contributed by atoms with van der Waals surface area (Å²) in [5.74, 6) is 0. The lowest BCUT2D eigenvalue weighted by atomic mass is 9.79. The molecule has 0 spiro atoms. The highest BCUT2D eigenvalue weighted by Crippen LogP contribution is 2.35. The third-order valence-electron chi connectivity index (χ3n) is 2.61. The third-order valence-corrected chi connectivity index (χ3v) is 4.75. The first kappa shape index (κ1) is 11.0. The van der Waals surface area contributed by atoms with E-state index in [9.17, 15) is 0 Å². The Balaban J connectivity index is 2.09. The van der Waals surface area contributed by atoms with Crippen LogP contribution in [0.4, 0.5) is 0 Å². The van der Waals surface area contributed by atoms with E-state index in [2.05, 4.69) is 17.5 Å². The topological polar surface area (TPSA) is 40.5 Å². The van der Waals surface area contributed by atoms with Crippen LogP contribution in [0.3, 0.4) is 0 Å². The Morgan fingerprint density at radius 2 is 1.88 bits per heavy atom. The van der Waals surface area contributed by atoms with Crippen molar-refractivity contribution in [3.05, 3.63) is 41.8 Å². The maximum absolute atomic E-state index is 9.16. The van der Waals surface area contributed by atoms with E-state index in [0.29, 0.717) is 5.46 Å². The second-order valence-electron chi connectivity index (χ2n) is 3.76. The van der Waals surface area contributed by atoms with Gasteiger partial charge in [0.25, 0.3) is 0 Å². The predicted molar refractivity (Wildman–Crippen MR) is 75.0 cm³/mol. The number of fused-ring (bicyclic) bond motifs is 1. The van der Waals surface area contributed by atoms with Crippen molar-refractivity contribution in [1.29, 1.82) is 0 Å². The number of benzene rings is 1. The normalized spacial score (nSPS) is 10.9. The van der Waals surface area contributed by atoms with E-state index in [1.807, 2.05) is 18.2 Å². The fourth-order valence-corrected chi connectivity index (χ4v) is 3.87. The number of rotatable bonds is 2. The second-order valence-corrected chi connectivity index (χ2v) is 5.79. The van der Waals surface area contributed by atoms with Gasteiger partial charge in [0, 0.05) is 14.3 Å².